The molecule has 4 fully saturated rings. The number of fused-ring (bicyclic) bond motifs is 2. The van der Waals surface area contributed by atoms with E-state index in [2.05, 4.69) is 61.5 Å². The van der Waals surface area contributed by atoms with Crippen LogP contribution in [0.4, 0.5) is 0 Å². The van der Waals surface area contributed by atoms with Crippen LogP contribution in [-0.4, -0.2) is 231 Å². The fraction of sp³-hybridized carbons (Fsp3) is 0.430. The quantitative estimate of drug-likeness (QED) is 0.0255. The molecular formula is C114H131N11O17S4. The Bertz CT molecular complexity index is 6650. The summed E-state index contributed by atoms with van der Waals surface area (Å²) in [6.07, 6.45) is 4.85. The van der Waals surface area contributed by atoms with Gasteiger partial charge in [0.2, 0.25) is 23.6 Å². The highest BCUT2D eigenvalue weighted by Crippen LogP contribution is 2.41. The van der Waals surface area contributed by atoms with E-state index in [-0.39, 0.29) is 141 Å². The molecule has 0 aliphatic carbocycles. The number of likely N-dealkylation sites (tertiary alicyclic amines) is 4. The van der Waals surface area contributed by atoms with Crippen molar-refractivity contribution in [3.63, 3.8) is 0 Å². The number of aryl methyl sites for hydroxylation is 10. The molecule has 28 nitrogen and oxygen atoms in total. The molecule has 5 N–H and O–H groups in total. The number of amides is 6. The van der Waals surface area contributed by atoms with Gasteiger partial charge in [0.15, 0.2) is 23.1 Å². The summed E-state index contributed by atoms with van der Waals surface area (Å²) in [5.74, 6) is -1.85. The molecule has 4 saturated heterocycles. The Labute approximate surface area is 868 Å². The second-order valence-electron chi connectivity index (χ2n) is 40.9. The fourth-order valence-electron chi connectivity index (χ4n) is 20.9. The van der Waals surface area contributed by atoms with Crippen LogP contribution >= 0.6 is 45.3 Å². The highest BCUT2D eigenvalue weighted by Gasteiger charge is 2.53. The first-order valence-electron chi connectivity index (χ1n) is 50.3. The van der Waals surface area contributed by atoms with Crippen molar-refractivity contribution in [2.75, 3.05) is 32.8 Å². The van der Waals surface area contributed by atoms with Crippen molar-refractivity contribution in [1.29, 1.82) is 0 Å². The number of furan rings is 1. The summed E-state index contributed by atoms with van der Waals surface area (Å²) in [4.78, 5) is 166. The molecule has 1 unspecified atom stereocenters. The summed E-state index contributed by atoms with van der Waals surface area (Å²) in [5.41, 5.74) is 21.8. The van der Waals surface area contributed by atoms with E-state index in [1.807, 2.05) is 202 Å². The van der Waals surface area contributed by atoms with Crippen molar-refractivity contribution in [2.45, 2.75) is 265 Å². The predicted octanol–water partition coefficient (Wildman–Crippen LogP) is 17.3. The zero-order chi connectivity index (χ0) is 104. The number of carbonyl (C=O) groups excluding carboxylic acids is 10. The summed E-state index contributed by atoms with van der Waals surface area (Å²) in [6.45, 7) is 27.2. The fourth-order valence-corrected chi connectivity index (χ4v) is 24.2. The molecule has 18 rings (SSSR count). The minimum absolute atomic E-state index is 0.00671. The van der Waals surface area contributed by atoms with Crippen molar-refractivity contribution < 1.29 is 82.4 Å². The van der Waals surface area contributed by atoms with Crippen LogP contribution in [0.5, 0.6) is 0 Å². The number of aliphatic hydroxyl groups is 5. The van der Waals surface area contributed by atoms with Gasteiger partial charge in [-0.3, -0.25) is 47.9 Å². The van der Waals surface area contributed by atoms with E-state index in [0.717, 1.165) is 103 Å². The second-order valence-corrected chi connectivity index (χ2v) is 44.3. The molecule has 6 aromatic carbocycles. The van der Waals surface area contributed by atoms with Crippen LogP contribution in [0.3, 0.4) is 0 Å². The maximum atomic E-state index is 14.0. The maximum Gasteiger partial charge on any atom is 0.255 e. The molecule has 0 radical (unpaired) electrons. The lowest BCUT2D eigenvalue weighted by Gasteiger charge is -2.35. The van der Waals surface area contributed by atoms with Gasteiger partial charge in [0.1, 0.15) is 29.2 Å². The van der Waals surface area contributed by atoms with Crippen LogP contribution in [0.15, 0.2) is 195 Å². The van der Waals surface area contributed by atoms with Gasteiger partial charge >= 0.3 is 0 Å². The lowest BCUT2D eigenvalue weighted by Crippen LogP contribution is -2.54. The Morgan fingerprint density at radius 1 is 0.445 bits per heavy atom. The number of hydrogen-bond donors (Lipinski definition) is 5. The zero-order valence-corrected chi connectivity index (χ0v) is 88.5. The standard InChI is InChI=1S/C31H35N3O5S.C31H35N3O4S.C27H32N2O4S.C25H29N3O4S/c1-19(2)27(33-15-23-6-4-5-7-24(23)29(33)37)30(38)34-16-31(39,17-35)14-25(34)26(36)13-10-21-8-11-22(12-9-21)28-20(3)32-18-40-28;1-19(2)27(33-16-23-7-5-6-8-24(23)29(33)36)30(37)34-17-31(4,38)15-25(34)26(35)14-11-21-9-12-22(13-10-21)28-20(3)32-18-39-28;1-16(2)25(24-11-17(3)14-33-24)27(32)29-13-21(30)12-22(29)23(31)10-7-19-5-8-20(9-6-19)26-18(4)28-15-34-26;1-4-20(23-11-15(2)27-32-23)25(31)28-13-19(29)12-21(28)22(30)10-7-17-5-8-18(9-6-17)24-16(3)26-14-33-24/h4-9,11-12,18-19,25,27,35,39H,10,13-17H2,1-3H3;5-10,12-13,18-19,25,27,38H,11,14-17H2,1-4H3;5-6,8-9,11,14-16,21-22,25,30H,7,10,12-13H2,1-4H3;5-6,8-9,11,14,19-21,29H,4,7,10,12-13H2,1-3H3/t25-,27-,31-;25-,27-,31+;21-,22+,25-;19-,20?,21+/m0011/s1. The van der Waals surface area contributed by atoms with E-state index in [4.69, 9.17) is 8.94 Å². The summed E-state index contributed by atoms with van der Waals surface area (Å²) < 4.78 is 11.0. The maximum absolute atomic E-state index is 14.0. The normalized spacial score (nSPS) is 20.3. The van der Waals surface area contributed by atoms with Gasteiger partial charge in [-0.05, 0) is 178 Å². The Morgan fingerprint density at radius 3 is 1.13 bits per heavy atom. The van der Waals surface area contributed by atoms with E-state index < -0.39 is 78.1 Å². The lowest BCUT2D eigenvalue weighted by molar-refractivity contribution is -0.143. The van der Waals surface area contributed by atoms with Crippen molar-refractivity contribution in [1.82, 2.24) is 54.5 Å². The topological polar surface area (TPSA) is 382 Å². The zero-order valence-electron chi connectivity index (χ0n) is 85.2. The first-order valence-corrected chi connectivity index (χ1v) is 53.8. The third-order valence-electron chi connectivity index (χ3n) is 28.7. The van der Waals surface area contributed by atoms with Gasteiger partial charge in [0.25, 0.3) is 11.8 Å². The number of hydrogen-bond acceptors (Lipinski definition) is 26. The number of nitrogens with zero attached hydrogens (tertiary/aromatic N) is 11. The van der Waals surface area contributed by atoms with Crippen LogP contribution in [0.25, 0.3) is 41.8 Å². The van der Waals surface area contributed by atoms with Gasteiger partial charge in [-0.1, -0.05) is 187 Å². The number of benzene rings is 6. The van der Waals surface area contributed by atoms with Crippen LogP contribution in [0, 0.1) is 59.3 Å². The average molecular weight is 2060 g/mol. The summed E-state index contributed by atoms with van der Waals surface area (Å²) >= 11 is 6.42. The molecule has 12 heterocycles. The van der Waals surface area contributed by atoms with E-state index in [1.165, 1.54) is 14.7 Å². The summed E-state index contributed by atoms with van der Waals surface area (Å²) in [6, 6.07) is 46.7. The van der Waals surface area contributed by atoms with E-state index in [9.17, 15) is 73.5 Å². The first-order chi connectivity index (χ1) is 69.8. The number of thiazole rings is 4. The van der Waals surface area contributed by atoms with E-state index in [1.54, 1.807) is 104 Å². The smallest absolute Gasteiger partial charge is 0.255 e. The number of carbonyl (C=O) groups is 10. The van der Waals surface area contributed by atoms with Crippen molar-refractivity contribution in [3.8, 4) is 41.8 Å². The van der Waals surface area contributed by atoms with Gasteiger partial charge < -0.3 is 63.9 Å². The summed E-state index contributed by atoms with van der Waals surface area (Å²) in [5, 5.41) is 56.2. The van der Waals surface area contributed by atoms with Gasteiger partial charge in [-0.15, -0.1) is 45.3 Å². The summed E-state index contributed by atoms with van der Waals surface area (Å²) in [7, 11) is 0. The third-order valence-corrected chi connectivity index (χ3v) is 32.6. The lowest BCUT2D eigenvalue weighted by atomic mass is 9.91. The molecule has 6 amide bonds. The molecule has 12 aromatic rings. The molecule has 768 valence electrons. The number of Topliss-reactive ketones (excluding diaryl/α,β-unsaturated/α-hetero) is 4. The predicted molar refractivity (Wildman–Crippen MR) is 563 cm³/mol. The molecule has 6 aliphatic heterocycles. The molecule has 6 aliphatic rings. The molecule has 146 heavy (non-hydrogen) atoms. The van der Waals surface area contributed by atoms with Crippen molar-refractivity contribution in [3.05, 3.63) is 276 Å². The van der Waals surface area contributed by atoms with Gasteiger partial charge in [-0.25, -0.2) is 19.9 Å². The van der Waals surface area contributed by atoms with Gasteiger partial charge in [0.05, 0.1) is 150 Å². The molecule has 12 atom stereocenters. The van der Waals surface area contributed by atoms with Crippen LogP contribution in [-0.2, 0) is 77.1 Å². The number of aliphatic hydroxyl groups excluding tert-OH is 3. The van der Waals surface area contributed by atoms with Crippen LogP contribution in [0.2, 0.25) is 0 Å². The molecular weight excluding hydrogens is 1920 g/mol. The number of β-amino-alcohol motifs (C(OH)–C–C–N with tert-alkyl or cyclic N) is 4. The number of aromatic nitrogens is 5. The number of rotatable bonds is 33. The van der Waals surface area contributed by atoms with Crippen LogP contribution in [0.1, 0.15) is 225 Å². The largest absolute Gasteiger partial charge is 0.468 e. The Morgan fingerprint density at radius 2 is 0.808 bits per heavy atom. The Hall–Kier alpha value is -12.4. The number of ketones is 4. The Kier molecular flexibility index (Phi) is 34.9. The highest BCUT2D eigenvalue weighted by molar-refractivity contribution is 7.14. The highest BCUT2D eigenvalue weighted by atomic mass is 32.1. The molecule has 32 heteroatoms. The monoisotopic (exact) mass is 2050 g/mol. The molecule has 6 aromatic heterocycles. The van der Waals surface area contributed by atoms with Gasteiger partial charge in [0, 0.05) is 94.7 Å². The van der Waals surface area contributed by atoms with E-state index in [0.29, 0.717) is 86.4 Å². The van der Waals surface area contributed by atoms with Crippen molar-refractivity contribution >= 4 is 104 Å². The molecule has 0 spiro atoms. The van der Waals surface area contributed by atoms with Crippen LogP contribution < -0.4 is 0 Å². The minimum atomic E-state index is -1.57. The second kappa shape index (κ2) is 47.2. The minimum Gasteiger partial charge on any atom is -0.468 e. The van der Waals surface area contributed by atoms with E-state index >= 15 is 0 Å². The van der Waals surface area contributed by atoms with Gasteiger partial charge in [-0.2, -0.15) is 0 Å². The average Bonchev–Trinajstić information content (AvgIpc) is 1.61. The SMILES string of the molecule is CCC(C(=O)N1C[C@H](O)C[C@H]1C(=O)CCc1ccc(-c2scnc2C)cc1)c1cc(C)no1.Cc1coc([C@H](C(=O)N2C[C@H](O)C[C@H]2C(=O)CCc2ccc(-c3scnc3C)cc2)C(C)C)c1.Cc1ncsc1-c1ccc(CCC(=O)[C@@H]2C[C@@](C)(O)CN2C(=O)[C@H](C(C)C)N2Cc3ccccc3C2=O)cc1.Cc1ncsc1-c1ccc(CCC(=O)[C@@H]2C[C@@](O)(CO)CN2C(=O)[C@H](C(C)C)N2Cc3ccccc3C2=O)cc1. The molecule has 0 bridgehead atoms. The molecule has 0 saturated carbocycles. The van der Waals surface area contributed by atoms with Crippen molar-refractivity contribution in [2.24, 2.45) is 17.8 Å². The Balaban J connectivity index is 0.000000147. The third kappa shape index (κ3) is 24.9. The first kappa shape index (κ1) is 108.